The fourth-order valence-corrected chi connectivity index (χ4v) is 4.81. The van der Waals surface area contributed by atoms with Crippen molar-refractivity contribution in [2.45, 2.75) is 57.4 Å². The maximum atomic E-state index is 12.6. The van der Waals surface area contributed by atoms with Gasteiger partial charge in [0.15, 0.2) is 0 Å². The van der Waals surface area contributed by atoms with Gasteiger partial charge in [0.2, 0.25) is 0 Å². The molecule has 1 aromatic heterocycles. The van der Waals surface area contributed by atoms with Crippen LogP contribution in [0.3, 0.4) is 0 Å². The van der Waals surface area contributed by atoms with Crippen LogP contribution in [0.5, 0.6) is 0 Å². The largest absolute Gasteiger partial charge is 0.391 e. The summed E-state index contributed by atoms with van der Waals surface area (Å²) in [5.41, 5.74) is 6.84. The molecule has 1 saturated carbocycles. The molecule has 1 heterocycles. The fourth-order valence-electron chi connectivity index (χ4n) is 3.41. The molecule has 1 fully saturated rings. The lowest BCUT2D eigenvalue weighted by atomic mass is 9.77. The lowest BCUT2D eigenvalue weighted by Crippen LogP contribution is -2.58. The second-order valence-electron chi connectivity index (χ2n) is 6.50. The van der Waals surface area contributed by atoms with Gasteiger partial charge in [0.1, 0.15) is 0 Å². The van der Waals surface area contributed by atoms with Crippen molar-refractivity contribution in [2.24, 2.45) is 11.7 Å². The van der Waals surface area contributed by atoms with Gasteiger partial charge in [-0.2, -0.15) is 0 Å². The predicted octanol–water partition coefficient (Wildman–Crippen LogP) is 3.20. The van der Waals surface area contributed by atoms with Crippen LogP contribution in [-0.4, -0.2) is 16.4 Å². The lowest BCUT2D eigenvalue weighted by molar-refractivity contribution is 0.0905. The van der Waals surface area contributed by atoms with E-state index in [1.807, 2.05) is 0 Å². The van der Waals surface area contributed by atoms with Gasteiger partial charge in [-0.15, -0.1) is 11.3 Å². The van der Waals surface area contributed by atoms with E-state index >= 15 is 0 Å². The summed E-state index contributed by atoms with van der Waals surface area (Å²) < 4.78 is 0. The minimum absolute atomic E-state index is 0.00301. The Morgan fingerprint density at radius 2 is 2.14 bits per heavy atom. The predicted molar refractivity (Wildman–Crippen MR) is 91.0 cm³/mol. The zero-order valence-corrected chi connectivity index (χ0v) is 14.0. The van der Waals surface area contributed by atoms with E-state index in [4.69, 9.17) is 18.0 Å². The third kappa shape index (κ3) is 2.86. The topological polar surface area (TPSA) is 55.1 Å². The van der Waals surface area contributed by atoms with E-state index in [-0.39, 0.29) is 5.91 Å². The molecule has 0 atom stereocenters. The van der Waals surface area contributed by atoms with Gasteiger partial charge in [0.05, 0.1) is 15.4 Å². The number of carbonyl (C=O) groups excluding carboxylic acids is 1. The van der Waals surface area contributed by atoms with Crippen LogP contribution in [0.1, 0.15) is 59.1 Å². The normalized spacial score (nSPS) is 28.1. The Kier molecular flexibility index (Phi) is 4.06. The van der Waals surface area contributed by atoms with E-state index in [9.17, 15) is 4.79 Å². The maximum Gasteiger partial charge on any atom is 0.262 e. The summed E-state index contributed by atoms with van der Waals surface area (Å²) in [7, 11) is 0. The van der Waals surface area contributed by atoms with Crippen molar-refractivity contribution in [1.82, 2.24) is 5.32 Å². The van der Waals surface area contributed by atoms with Crippen molar-refractivity contribution in [3.63, 3.8) is 0 Å². The monoisotopic (exact) mass is 322 g/mol. The summed E-state index contributed by atoms with van der Waals surface area (Å²) in [6.45, 7) is 2.25. The number of amides is 1. The number of rotatable bonds is 3. The fraction of sp³-hybridized carbons (Fsp3) is 0.625. The highest BCUT2D eigenvalue weighted by molar-refractivity contribution is 7.80. The minimum atomic E-state index is -0.479. The molecular weight excluding hydrogens is 300 g/mol. The van der Waals surface area contributed by atoms with Crippen molar-refractivity contribution in [3.05, 3.63) is 21.4 Å². The van der Waals surface area contributed by atoms with E-state index in [1.54, 1.807) is 11.3 Å². The molecule has 0 aliphatic heterocycles. The second-order valence-corrected chi connectivity index (χ2v) is 8.07. The molecule has 114 valence electrons. The molecule has 1 aromatic rings. The molecule has 0 spiro atoms. The maximum absolute atomic E-state index is 12.6. The number of carbonyl (C=O) groups is 1. The molecule has 5 heteroatoms. The van der Waals surface area contributed by atoms with Crippen molar-refractivity contribution < 1.29 is 4.79 Å². The van der Waals surface area contributed by atoms with Crippen LogP contribution in [0.15, 0.2) is 6.07 Å². The molecule has 21 heavy (non-hydrogen) atoms. The number of fused-ring (bicyclic) bond motifs is 1. The first-order valence-electron chi connectivity index (χ1n) is 7.74. The number of hydrogen-bond donors (Lipinski definition) is 2. The summed E-state index contributed by atoms with van der Waals surface area (Å²) in [5.74, 6) is 0.687. The van der Waals surface area contributed by atoms with Gasteiger partial charge in [-0.3, -0.25) is 4.79 Å². The highest BCUT2D eigenvalue weighted by Crippen LogP contribution is 2.34. The number of aryl methyl sites for hydroxylation is 2. The minimum Gasteiger partial charge on any atom is -0.391 e. The second kappa shape index (κ2) is 5.69. The third-order valence-electron chi connectivity index (χ3n) is 4.92. The summed E-state index contributed by atoms with van der Waals surface area (Å²) in [6.07, 6.45) is 7.30. The average Bonchev–Trinajstić information content (AvgIpc) is 3.02. The summed E-state index contributed by atoms with van der Waals surface area (Å²) in [6, 6.07) is 2.06. The van der Waals surface area contributed by atoms with Crippen LogP contribution >= 0.6 is 23.6 Å². The van der Waals surface area contributed by atoms with E-state index in [0.717, 1.165) is 43.4 Å². The van der Waals surface area contributed by atoms with Gasteiger partial charge < -0.3 is 11.1 Å². The molecule has 0 unspecified atom stereocenters. The Morgan fingerprint density at radius 1 is 1.43 bits per heavy atom. The van der Waals surface area contributed by atoms with Crippen molar-refractivity contribution in [2.75, 3.05) is 0 Å². The molecule has 1 amide bonds. The van der Waals surface area contributed by atoms with E-state index in [1.165, 1.54) is 16.9 Å². The Morgan fingerprint density at radius 3 is 2.76 bits per heavy atom. The zero-order chi connectivity index (χ0) is 15.0. The van der Waals surface area contributed by atoms with Gasteiger partial charge in [-0.1, -0.05) is 19.1 Å². The number of thiophene rings is 1. The van der Waals surface area contributed by atoms with E-state index in [0.29, 0.717) is 10.9 Å². The van der Waals surface area contributed by atoms with Gasteiger partial charge in [-0.25, -0.2) is 0 Å². The van der Waals surface area contributed by atoms with Crippen molar-refractivity contribution in [1.29, 1.82) is 0 Å². The molecule has 2 aliphatic carbocycles. The van der Waals surface area contributed by atoms with Crippen LogP contribution in [0.4, 0.5) is 0 Å². The van der Waals surface area contributed by atoms with Crippen molar-refractivity contribution >= 4 is 34.5 Å². The smallest absolute Gasteiger partial charge is 0.262 e. The molecule has 0 bridgehead atoms. The molecule has 0 radical (unpaired) electrons. The van der Waals surface area contributed by atoms with Gasteiger partial charge in [0, 0.05) is 4.88 Å². The zero-order valence-electron chi connectivity index (χ0n) is 12.4. The summed E-state index contributed by atoms with van der Waals surface area (Å²) in [5, 5.41) is 3.16. The molecule has 2 aliphatic rings. The van der Waals surface area contributed by atoms with Gasteiger partial charge in [0.25, 0.3) is 5.91 Å². The van der Waals surface area contributed by atoms with E-state index in [2.05, 4.69) is 18.3 Å². The molecule has 3 rings (SSSR count). The summed E-state index contributed by atoms with van der Waals surface area (Å²) >= 11 is 6.90. The first kappa shape index (κ1) is 15.0. The van der Waals surface area contributed by atoms with Crippen LogP contribution in [-0.2, 0) is 12.8 Å². The number of nitrogens with two attached hydrogens (primary N) is 1. The quantitative estimate of drug-likeness (QED) is 0.840. The Labute approximate surface area is 135 Å². The number of thiocarbonyl (C=S) groups is 1. The molecule has 0 saturated heterocycles. The highest BCUT2D eigenvalue weighted by atomic mass is 32.1. The lowest BCUT2D eigenvalue weighted by Gasteiger charge is -2.39. The molecule has 3 nitrogen and oxygen atoms in total. The molecular formula is C16H22N2OS2. The first-order chi connectivity index (χ1) is 10.00. The standard InChI is InChI=1S/C16H22N2OS2/c1-10-5-7-16(8-6-10,15(17)20)18-14(19)13-9-11-3-2-4-12(11)21-13/h9-10H,2-8H2,1H3,(H2,17,20)(H,18,19). The third-order valence-corrected chi connectivity index (χ3v) is 6.55. The van der Waals surface area contributed by atoms with Crippen LogP contribution in [0.2, 0.25) is 0 Å². The van der Waals surface area contributed by atoms with Crippen LogP contribution < -0.4 is 11.1 Å². The summed E-state index contributed by atoms with van der Waals surface area (Å²) in [4.78, 5) is 15.2. The van der Waals surface area contributed by atoms with E-state index < -0.39 is 5.54 Å². The van der Waals surface area contributed by atoms with Gasteiger partial charge >= 0.3 is 0 Å². The Balaban J connectivity index is 1.76. The number of hydrogen-bond acceptors (Lipinski definition) is 3. The van der Waals surface area contributed by atoms with Gasteiger partial charge in [-0.05, 0) is 62.5 Å². The molecule has 3 N–H and O–H groups in total. The Bertz CT molecular complexity index is 549. The average molecular weight is 322 g/mol. The highest BCUT2D eigenvalue weighted by Gasteiger charge is 2.38. The van der Waals surface area contributed by atoms with Crippen LogP contribution in [0, 0.1) is 5.92 Å². The SMILES string of the molecule is CC1CCC(NC(=O)c2cc3c(s2)CCC3)(C(N)=S)CC1. The Hall–Kier alpha value is -0.940. The van der Waals surface area contributed by atoms with Crippen LogP contribution in [0.25, 0.3) is 0 Å². The molecule has 0 aromatic carbocycles. The van der Waals surface area contributed by atoms with Crippen molar-refractivity contribution in [3.8, 4) is 0 Å². The number of nitrogens with one attached hydrogen (secondary N) is 1. The first-order valence-corrected chi connectivity index (χ1v) is 8.97.